The van der Waals surface area contributed by atoms with E-state index in [2.05, 4.69) is 10.1 Å². The Bertz CT molecular complexity index is 945. The van der Waals surface area contributed by atoms with Gasteiger partial charge in [0.15, 0.2) is 5.58 Å². The summed E-state index contributed by atoms with van der Waals surface area (Å²) in [5.41, 5.74) is 2.73. The van der Waals surface area contributed by atoms with E-state index >= 15 is 0 Å². The summed E-state index contributed by atoms with van der Waals surface area (Å²) >= 11 is 0. The molecule has 4 rings (SSSR count). The molecule has 0 aliphatic carbocycles. The van der Waals surface area contributed by atoms with Crippen LogP contribution in [0.3, 0.4) is 0 Å². The Morgan fingerprint density at radius 1 is 1.23 bits per heavy atom. The first-order valence-electron chi connectivity index (χ1n) is 8.69. The van der Waals surface area contributed by atoms with E-state index in [0.717, 1.165) is 49.1 Å². The van der Waals surface area contributed by atoms with Crippen LogP contribution in [0.4, 0.5) is 4.39 Å². The highest BCUT2D eigenvalue weighted by Crippen LogP contribution is 2.33. The number of aromatic carboxylic acids is 1. The maximum absolute atomic E-state index is 13.3. The summed E-state index contributed by atoms with van der Waals surface area (Å²) in [6, 6.07) is 11.6. The van der Waals surface area contributed by atoms with Crippen LogP contribution in [0, 0.1) is 5.82 Å². The van der Waals surface area contributed by atoms with Gasteiger partial charge in [-0.1, -0.05) is 17.3 Å². The predicted molar refractivity (Wildman–Crippen MR) is 94.6 cm³/mol. The second kappa shape index (κ2) is 6.88. The number of carbonyl (C=O) groups is 1. The highest BCUT2D eigenvalue weighted by Gasteiger charge is 2.25. The minimum atomic E-state index is -0.903. The van der Waals surface area contributed by atoms with Gasteiger partial charge in [0, 0.05) is 23.9 Å². The van der Waals surface area contributed by atoms with Crippen LogP contribution in [0.25, 0.3) is 11.0 Å². The highest BCUT2D eigenvalue weighted by molar-refractivity contribution is 5.87. The van der Waals surface area contributed by atoms with Crippen molar-refractivity contribution in [3.05, 3.63) is 65.1 Å². The number of carboxylic acid groups (broad SMARTS) is 1. The Morgan fingerprint density at radius 3 is 2.81 bits per heavy atom. The van der Waals surface area contributed by atoms with Gasteiger partial charge in [0.05, 0.1) is 11.3 Å². The smallest absolute Gasteiger partial charge is 0.335 e. The van der Waals surface area contributed by atoms with Crippen LogP contribution in [0.5, 0.6) is 0 Å². The van der Waals surface area contributed by atoms with Gasteiger partial charge < -0.3 is 9.63 Å². The molecule has 2 heterocycles. The predicted octanol–water partition coefficient (Wildman–Crippen LogP) is 4.04. The minimum absolute atomic E-state index is 0.295. The minimum Gasteiger partial charge on any atom is -0.478 e. The molecule has 1 fully saturated rings. The molecule has 1 saturated heterocycles. The Morgan fingerprint density at radius 2 is 2.04 bits per heavy atom. The third kappa shape index (κ3) is 3.32. The van der Waals surface area contributed by atoms with Crippen molar-refractivity contribution in [1.29, 1.82) is 0 Å². The van der Waals surface area contributed by atoms with Crippen molar-refractivity contribution in [3.8, 4) is 0 Å². The summed E-state index contributed by atoms with van der Waals surface area (Å²) < 4.78 is 18.6. The van der Waals surface area contributed by atoms with Gasteiger partial charge in [-0.05, 0) is 55.8 Å². The maximum Gasteiger partial charge on any atom is 0.335 e. The van der Waals surface area contributed by atoms with Gasteiger partial charge in [-0.2, -0.15) is 0 Å². The van der Waals surface area contributed by atoms with E-state index in [1.54, 1.807) is 24.3 Å². The SMILES string of the molecule is O=C(O)c1cccc(CN2CCC(c3noc4cc(F)ccc34)CC2)c1. The molecule has 1 N–H and O–H groups in total. The lowest BCUT2D eigenvalue weighted by Crippen LogP contribution is -2.32. The monoisotopic (exact) mass is 354 g/mol. The average Bonchev–Trinajstić information content (AvgIpc) is 3.05. The molecule has 0 atom stereocenters. The fraction of sp³-hybridized carbons (Fsp3) is 0.300. The standard InChI is InChI=1S/C20H19FN2O3/c21-16-4-5-17-18(11-16)26-22-19(17)14-6-8-23(9-7-14)12-13-2-1-3-15(10-13)20(24)25/h1-5,10-11,14H,6-9,12H2,(H,24,25). The Hall–Kier alpha value is -2.73. The molecule has 0 saturated carbocycles. The van der Waals surface area contributed by atoms with E-state index < -0.39 is 5.97 Å². The third-order valence-corrected chi connectivity index (χ3v) is 5.02. The number of benzene rings is 2. The number of hydrogen-bond acceptors (Lipinski definition) is 4. The van der Waals surface area contributed by atoms with Crippen LogP contribution in [0.15, 0.2) is 47.0 Å². The first-order chi connectivity index (χ1) is 12.6. The van der Waals surface area contributed by atoms with Crippen LogP contribution >= 0.6 is 0 Å². The van der Waals surface area contributed by atoms with Crippen molar-refractivity contribution in [2.45, 2.75) is 25.3 Å². The zero-order valence-corrected chi connectivity index (χ0v) is 14.2. The molecular formula is C20H19FN2O3. The van der Waals surface area contributed by atoms with E-state index in [-0.39, 0.29) is 5.82 Å². The lowest BCUT2D eigenvalue weighted by Gasteiger charge is -2.31. The molecular weight excluding hydrogens is 335 g/mol. The molecule has 0 unspecified atom stereocenters. The highest BCUT2D eigenvalue weighted by atomic mass is 19.1. The number of halogens is 1. The Balaban J connectivity index is 1.42. The van der Waals surface area contributed by atoms with Crippen molar-refractivity contribution in [1.82, 2.24) is 10.1 Å². The van der Waals surface area contributed by atoms with E-state index in [0.29, 0.717) is 17.1 Å². The lowest BCUT2D eigenvalue weighted by atomic mass is 9.91. The second-order valence-electron chi connectivity index (χ2n) is 6.76. The first-order valence-corrected chi connectivity index (χ1v) is 8.69. The molecule has 3 aromatic rings. The fourth-order valence-corrected chi connectivity index (χ4v) is 3.65. The number of fused-ring (bicyclic) bond motifs is 1. The topological polar surface area (TPSA) is 66.6 Å². The number of carboxylic acids is 1. The average molecular weight is 354 g/mol. The van der Waals surface area contributed by atoms with Crippen molar-refractivity contribution in [3.63, 3.8) is 0 Å². The van der Waals surface area contributed by atoms with Crippen molar-refractivity contribution in [2.24, 2.45) is 0 Å². The molecule has 0 spiro atoms. The quantitative estimate of drug-likeness (QED) is 0.766. The molecule has 1 aliphatic heterocycles. The number of piperidine rings is 1. The summed E-state index contributed by atoms with van der Waals surface area (Å²) in [6.45, 7) is 2.54. The van der Waals surface area contributed by atoms with Gasteiger partial charge in [-0.3, -0.25) is 4.90 Å². The van der Waals surface area contributed by atoms with Crippen LogP contribution in [-0.4, -0.2) is 34.2 Å². The van der Waals surface area contributed by atoms with E-state index in [9.17, 15) is 9.18 Å². The number of rotatable bonds is 4. The van der Waals surface area contributed by atoms with Crippen molar-refractivity contribution in [2.75, 3.05) is 13.1 Å². The van der Waals surface area contributed by atoms with Crippen LogP contribution in [0.2, 0.25) is 0 Å². The van der Waals surface area contributed by atoms with Gasteiger partial charge in [0.25, 0.3) is 0 Å². The summed E-state index contributed by atoms with van der Waals surface area (Å²) in [7, 11) is 0. The number of nitrogens with zero attached hydrogens (tertiary/aromatic N) is 2. The molecule has 134 valence electrons. The van der Waals surface area contributed by atoms with Gasteiger partial charge in [0.1, 0.15) is 5.82 Å². The zero-order chi connectivity index (χ0) is 18.1. The summed E-state index contributed by atoms with van der Waals surface area (Å²) in [4.78, 5) is 13.4. The molecule has 1 aromatic heterocycles. The van der Waals surface area contributed by atoms with Crippen LogP contribution in [0.1, 0.15) is 40.4 Å². The molecule has 0 amide bonds. The normalized spacial score (nSPS) is 16.2. The van der Waals surface area contributed by atoms with Crippen molar-refractivity contribution >= 4 is 16.9 Å². The second-order valence-corrected chi connectivity index (χ2v) is 6.76. The first kappa shape index (κ1) is 16.7. The largest absolute Gasteiger partial charge is 0.478 e. The number of aromatic nitrogens is 1. The van der Waals surface area contributed by atoms with Crippen molar-refractivity contribution < 1.29 is 18.8 Å². The molecule has 0 bridgehead atoms. The fourth-order valence-electron chi connectivity index (χ4n) is 3.65. The Labute approximate surface area is 150 Å². The van der Waals surface area contributed by atoms with Crippen LogP contribution in [-0.2, 0) is 6.54 Å². The zero-order valence-electron chi connectivity index (χ0n) is 14.2. The number of hydrogen-bond donors (Lipinski definition) is 1. The molecule has 26 heavy (non-hydrogen) atoms. The number of likely N-dealkylation sites (tertiary alicyclic amines) is 1. The van der Waals surface area contributed by atoms with Gasteiger partial charge in [-0.25, -0.2) is 9.18 Å². The third-order valence-electron chi connectivity index (χ3n) is 5.02. The van der Waals surface area contributed by atoms with Gasteiger partial charge >= 0.3 is 5.97 Å². The van der Waals surface area contributed by atoms with E-state index in [1.165, 1.54) is 12.1 Å². The Kier molecular flexibility index (Phi) is 4.42. The molecule has 2 aromatic carbocycles. The van der Waals surface area contributed by atoms with Gasteiger partial charge in [0.2, 0.25) is 0 Å². The van der Waals surface area contributed by atoms with E-state index in [4.69, 9.17) is 9.63 Å². The summed E-state index contributed by atoms with van der Waals surface area (Å²) in [5.74, 6) is -0.929. The summed E-state index contributed by atoms with van der Waals surface area (Å²) in [5, 5.41) is 14.2. The maximum atomic E-state index is 13.3. The molecule has 5 nitrogen and oxygen atoms in total. The molecule has 1 aliphatic rings. The molecule has 0 radical (unpaired) electrons. The lowest BCUT2D eigenvalue weighted by molar-refractivity contribution is 0.0696. The summed E-state index contributed by atoms with van der Waals surface area (Å²) in [6.07, 6.45) is 1.88. The van der Waals surface area contributed by atoms with Gasteiger partial charge in [-0.15, -0.1) is 0 Å². The van der Waals surface area contributed by atoms with E-state index in [1.807, 2.05) is 6.07 Å². The molecule has 6 heteroatoms. The van der Waals surface area contributed by atoms with Crippen LogP contribution < -0.4 is 0 Å².